The Morgan fingerprint density at radius 3 is 2.76 bits per heavy atom. The number of likely N-dealkylation sites (tertiary alicyclic amines) is 1. The predicted octanol–water partition coefficient (Wildman–Crippen LogP) is 2.56. The molecule has 1 heterocycles. The molecule has 1 aromatic rings. The molecule has 1 aliphatic heterocycles. The Kier molecular flexibility index (Phi) is 6.05. The van der Waals surface area contributed by atoms with Gasteiger partial charge in [-0.3, -0.25) is 4.90 Å². The van der Waals surface area contributed by atoms with Crippen molar-refractivity contribution in [1.82, 2.24) is 15.1 Å². The molecule has 1 aromatic carbocycles. The first-order chi connectivity index (χ1) is 10.2. The van der Waals surface area contributed by atoms with Crippen LogP contribution in [0.25, 0.3) is 0 Å². The molecule has 1 atom stereocenters. The number of rotatable bonds is 6. The molecule has 4 nitrogen and oxygen atoms in total. The van der Waals surface area contributed by atoms with Crippen LogP contribution in [-0.4, -0.2) is 48.6 Å². The number of carbonyl (C=O) groups excluding carboxylic acids is 1. The summed E-state index contributed by atoms with van der Waals surface area (Å²) in [6.07, 6.45) is 1.18. The standard InChI is InChI=1S/C17H27N3O/c1-3-18-17(21)20(4-2)14-16-10-11-19(13-16)12-15-8-6-5-7-9-15/h5-9,16H,3-4,10-14H2,1-2H3,(H,18,21)/t16-/m0/s1. The van der Waals surface area contributed by atoms with Gasteiger partial charge in [0.25, 0.3) is 0 Å². The van der Waals surface area contributed by atoms with Crippen LogP contribution in [0.5, 0.6) is 0 Å². The molecule has 0 spiro atoms. The summed E-state index contributed by atoms with van der Waals surface area (Å²) in [5, 5.41) is 2.89. The van der Waals surface area contributed by atoms with Crippen LogP contribution in [0.4, 0.5) is 4.79 Å². The minimum atomic E-state index is 0.0708. The molecule has 1 aliphatic rings. The molecule has 21 heavy (non-hydrogen) atoms. The van der Waals surface area contributed by atoms with Crippen molar-refractivity contribution in [2.75, 3.05) is 32.7 Å². The number of nitrogens with zero attached hydrogens (tertiary/aromatic N) is 2. The average molecular weight is 289 g/mol. The lowest BCUT2D eigenvalue weighted by atomic mass is 10.1. The molecule has 0 bridgehead atoms. The van der Waals surface area contributed by atoms with Gasteiger partial charge in [-0.1, -0.05) is 30.3 Å². The van der Waals surface area contributed by atoms with E-state index >= 15 is 0 Å². The van der Waals surface area contributed by atoms with Crippen molar-refractivity contribution in [3.63, 3.8) is 0 Å². The van der Waals surface area contributed by atoms with Gasteiger partial charge in [-0.25, -0.2) is 4.79 Å². The topological polar surface area (TPSA) is 35.6 Å². The van der Waals surface area contributed by atoms with Crippen LogP contribution in [0.1, 0.15) is 25.8 Å². The fourth-order valence-electron chi connectivity index (χ4n) is 2.98. The van der Waals surface area contributed by atoms with Crippen LogP contribution in [0.2, 0.25) is 0 Å². The van der Waals surface area contributed by atoms with E-state index in [1.807, 2.05) is 18.7 Å². The quantitative estimate of drug-likeness (QED) is 0.873. The lowest BCUT2D eigenvalue weighted by Gasteiger charge is -2.24. The third-order valence-electron chi connectivity index (χ3n) is 4.09. The molecule has 0 saturated carbocycles. The summed E-state index contributed by atoms with van der Waals surface area (Å²) >= 11 is 0. The van der Waals surface area contributed by atoms with Crippen LogP contribution >= 0.6 is 0 Å². The summed E-state index contributed by atoms with van der Waals surface area (Å²) in [4.78, 5) is 16.4. The summed E-state index contributed by atoms with van der Waals surface area (Å²) in [5.41, 5.74) is 1.37. The van der Waals surface area contributed by atoms with Gasteiger partial charge in [0.15, 0.2) is 0 Å². The van der Waals surface area contributed by atoms with Crippen molar-refractivity contribution in [3.05, 3.63) is 35.9 Å². The van der Waals surface area contributed by atoms with E-state index in [0.29, 0.717) is 12.5 Å². The summed E-state index contributed by atoms with van der Waals surface area (Å²) in [5.74, 6) is 0.594. The number of hydrogen-bond acceptors (Lipinski definition) is 2. The van der Waals surface area contributed by atoms with Crippen molar-refractivity contribution >= 4 is 6.03 Å². The molecule has 0 aromatic heterocycles. The van der Waals surface area contributed by atoms with Crippen LogP contribution in [0.3, 0.4) is 0 Å². The number of benzene rings is 1. The first-order valence-corrected chi connectivity index (χ1v) is 8.02. The van der Waals surface area contributed by atoms with Gasteiger partial charge in [0.2, 0.25) is 0 Å². The van der Waals surface area contributed by atoms with E-state index in [1.54, 1.807) is 0 Å². The maximum absolute atomic E-state index is 11.9. The maximum Gasteiger partial charge on any atom is 0.317 e. The highest BCUT2D eigenvalue weighted by Crippen LogP contribution is 2.19. The predicted molar refractivity (Wildman–Crippen MR) is 86.1 cm³/mol. The molecular weight excluding hydrogens is 262 g/mol. The molecule has 2 rings (SSSR count). The Bertz CT molecular complexity index is 435. The Labute approximate surface area is 128 Å². The maximum atomic E-state index is 11.9. The van der Waals surface area contributed by atoms with E-state index in [9.17, 15) is 4.79 Å². The second-order valence-electron chi connectivity index (χ2n) is 5.75. The fourth-order valence-corrected chi connectivity index (χ4v) is 2.98. The molecule has 0 aliphatic carbocycles. The highest BCUT2D eigenvalue weighted by molar-refractivity contribution is 5.74. The lowest BCUT2D eigenvalue weighted by molar-refractivity contribution is 0.190. The summed E-state index contributed by atoms with van der Waals surface area (Å²) in [6.45, 7) is 9.59. The minimum Gasteiger partial charge on any atom is -0.338 e. The lowest BCUT2D eigenvalue weighted by Crippen LogP contribution is -2.42. The van der Waals surface area contributed by atoms with Gasteiger partial charge in [-0.2, -0.15) is 0 Å². The van der Waals surface area contributed by atoms with Crippen molar-refractivity contribution in [3.8, 4) is 0 Å². The smallest absolute Gasteiger partial charge is 0.317 e. The van der Waals surface area contributed by atoms with Gasteiger partial charge in [-0.05, 0) is 38.3 Å². The van der Waals surface area contributed by atoms with Crippen LogP contribution in [0, 0.1) is 5.92 Å². The first kappa shape index (κ1) is 15.8. The van der Waals surface area contributed by atoms with Crippen molar-refractivity contribution in [2.45, 2.75) is 26.8 Å². The Balaban J connectivity index is 1.80. The van der Waals surface area contributed by atoms with Gasteiger partial charge in [0.05, 0.1) is 0 Å². The van der Waals surface area contributed by atoms with Gasteiger partial charge < -0.3 is 10.2 Å². The van der Waals surface area contributed by atoms with E-state index in [-0.39, 0.29) is 6.03 Å². The minimum absolute atomic E-state index is 0.0708. The molecule has 2 amide bonds. The average Bonchev–Trinajstić information content (AvgIpc) is 2.93. The van der Waals surface area contributed by atoms with Gasteiger partial charge in [-0.15, -0.1) is 0 Å². The van der Waals surface area contributed by atoms with Crippen molar-refractivity contribution < 1.29 is 4.79 Å². The van der Waals surface area contributed by atoms with E-state index in [2.05, 4.69) is 40.5 Å². The molecule has 116 valence electrons. The van der Waals surface area contributed by atoms with E-state index in [0.717, 1.165) is 32.7 Å². The number of hydrogen-bond donors (Lipinski definition) is 1. The second-order valence-corrected chi connectivity index (χ2v) is 5.75. The molecule has 1 fully saturated rings. The van der Waals surface area contributed by atoms with Crippen molar-refractivity contribution in [2.24, 2.45) is 5.92 Å². The highest BCUT2D eigenvalue weighted by Gasteiger charge is 2.25. The second kappa shape index (κ2) is 8.03. The largest absolute Gasteiger partial charge is 0.338 e. The third-order valence-corrected chi connectivity index (χ3v) is 4.09. The van der Waals surface area contributed by atoms with E-state index in [1.165, 1.54) is 12.0 Å². The SMILES string of the molecule is CCNC(=O)N(CC)C[C@H]1CCN(Cc2ccccc2)C1. The van der Waals surface area contributed by atoms with E-state index < -0.39 is 0 Å². The molecular formula is C17H27N3O. The Hall–Kier alpha value is -1.55. The fraction of sp³-hybridized carbons (Fsp3) is 0.588. The zero-order valence-corrected chi connectivity index (χ0v) is 13.2. The zero-order chi connectivity index (χ0) is 15.1. The normalized spacial score (nSPS) is 18.7. The van der Waals surface area contributed by atoms with Crippen LogP contribution < -0.4 is 5.32 Å². The Morgan fingerprint density at radius 1 is 1.33 bits per heavy atom. The van der Waals surface area contributed by atoms with Gasteiger partial charge in [0, 0.05) is 32.7 Å². The monoisotopic (exact) mass is 289 g/mol. The summed E-state index contributed by atoms with van der Waals surface area (Å²) < 4.78 is 0. The third kappa shape index (κ3) is 4.74. The first-order valence-electron chi connectivity index (χ1n) is 8.02. The molecule has 4 heteroatoms. The number of urea groups is 1. The van der Waals surface area contributed by atoms with Gasteiger partial charge >= 0.3 is 6.03 Å². The molecule has 1 saturated heterocycles. The van der Waals surface area contributed by atoms with Crippen LogP contribution in [0.15, 0.2) is 30.3 Å². The van der Waals surface area contributed by atoms with E-state index in [4.69, 9.17) is 0 Å². The number of carbonyl (C=O) groups is 1. The summed E-state index contributed by atoms with van der Waals surface area (Å²) in [7, 11) is 0. The molecule has 0 radical (unpaired) electrons. The number of nitrogens with one attached hydrogen (secondary N) is 1. The Morgan fingerprint density at radius 2 is 2.10 bits per heavy atom. The van der Waals surface area contributed by atoms with Gasteiger partial charge in [0.1, 0.15) is 0 Å². The number of amides is 2. The van der Waals surface area contributed by atoms with Crippen molar-refractivity contribution in [1.29, 1.82) is 0 Å². The molecule has 1 N–H and O–H groups in total. The zero-order valence-electron chi connectivity index (χ0n) is 13.2. The highest BCUT2D eigenvalue weighted by atomic mass is 16.2. The summed E-state index contributed by atoms with van der Waals surface area (Å²) in [6, 6.07) is 10.7. The molecule has 0 unspecified atom stereocenters. The van der Waals surface area contributed by atoms with Crippen LogP contribution in [-0.2, 0) is 6.54 Å².